The standard InChI is InChI=1S/C22H15N7O2/c23-11-14-1-3-15(4-2-14)12-26-22(31)19-10-20(28-13-27-19)29-21(30)16-5-6-17-18(9-16)25-8-7-24-17/h1-10,13H,12H2,(H,26,31)(H,27,28,29,30). The van der Waals surface area contributed by atoms with Gasteiger partial charge in [-0.05, 0) is 35.9 Å². The van der Waals surface area contributed by atoms with E-state index in [-0.39, 0.29) is 18.1 Å². The smallest absolute Gasteiger partial charge is 0.270 e. The van der Waals surface area contributed by atoms with Crippen LogP contribution in [0.1, 0.15) is 32.0 Å². The van der Waals surface area contributed by atoms with E-state index in [0.29, 0.717) is 22.2 Å². The Labute approximate surface area is 176 Å². The molecule has 0 saturated heterocycles. The van der Waals surface area contributed by atoms with Crippen LogP contribution < -0.4 is 10.6 Å². The Kier molecular flexibility index (Phi) is 5.53. The number of nitrogens with zero attached hydrogens (tertiary/aromatic N) is 5. The Hall–Kier alpha value is -4.71. The van der Waals surface area contributed by atoms with Crippen molar-refractivity contribution >= 4 is 28.7 Å². The van der Waals surface area contributed by atoms with Gasteiger partial charge in [-0.1, -0.05) is 12.1 Å². The number of carbonyl (C=O) groups is 2. The molecule has 0 aliphatic heterocycles. The van der Waals surface area contributed by atoms with Crippen molar-refractivity contribution in [2.24, 2.45) is 0 Å². The van der Waals surface area contributed by atoms with Crippen molar-refractivity contribution in [1.29, 1.82) is 5.26 Å². The Morgan fingerprint density at radius 3 is 2.42 bits per heavy atom. The molecule has 150 valence electrons. The minimum absolute atomic E-state index is 0.114. The van der Waals surface area contributed by atoms with Gasteiger partial charge in [0.05, 0.1) is 22.7 Å². The van der Waals surface area contributed by atoms with Crippen LogP contribution in [-0.4, -0.2) is 31.8 Å². The maximum absolute atomic E-state index is 12.6. The van der Waals surface area contributed by atoms with E-state index in [9.17, 15) is 9.59 Å². The molecule has 31 heavy (non-hydrogen) atoms. The largest absolute Gasteiger partial charge is 0.347 e. The van der Waals surface area contributed by atoms with Crippen LogP contribution in [0, 0.1) is 11.3 Å². The molecule has 0 spiro atoms. The number of benzene rings is 2. The zero-order valence-corrected chi connectivity index (χ0v) is 16.1. The fourth-order valence-corrected chi connectivity index (χ4v) is 2.81. The van der Waals surface area contributed by atoms with Crippen LogP contribution in [0.15, 0.2) is 67.3 Å². The lowest BCUT2D eigenvalue weighted by Gasteiger charge is -2.08. The number of hydrogen-bond acceptors (Lipinski definition) is 7. The second-order valence-corrected chi connectivity index (χ2v) is 6.49. The average Bonchev–Trinajstić information content (AvgIpc) is 2.82. The van der Waals surface area contributed by atoms with Gasteiger partial charge < -0.3 is 10.6 Å². The number of carbonyl (C=O) groups excluding carboxylic acids is 2. The van der Waals surface area contributed by atoms with Gasteiger partial charge in [0, 0.05) is 30.6 Å². The molecule has 2 amide bonds. The quantitative estimate of drug-likeness (QED) is 0.517. The van der Waals surface area contributed by atoms with Crippen LogP contribution in [0.4, 0.5) is 5.82 Å². The van der Waals surface area contributed by atoms with Crippen LogP contribution in [0.5, 0.6) is 0 Å². The number of fused-ring (bicyclic) bond motifs is 1. The van der Waals surface area contributed by atoms with Crippen molar-refractivity contribution in [3.05, 3.63) is 89.6 Å². The summed E-state index contributed by atoms with van der Waals surface area (Å²) < 4.78 is 0. The third-order valence-corrected chi connectivity index (χ3v) is 4.41. The highest BCUT2D eigenvalue weighted by Gasteiger charge is 2.12. The molecule has 0 atom stereocenters. The van der Waals surface area contributed by atoms with Gasteiger partial charge in [-0.25, -0.2) is 9.97 Å². The predicted octanol–water partition coefficient (Wildman–Crippen LogP) is 2.47. The topological polar surface area (TPSA) is 134 Å². The molecule has 2 N–H and O–H groups in total. The molecule has 0 radical (unpaired) electrons. The molecule has 0 saturated carbocycles. The van der Waals surface area contributed by atoms with Crippen LogP contribution >= 0.6 is 0 Å². The first-order valence-electron chi connectivity index (χ1n) is 9.24. The van der Waals surface area contributed by atoms with Gasteiger partial charge in [-0.15, -0.1) is 0 Å². The van der Waals surface area contributed by atoms with Crippen molar-refractivity contribution in [3.8, 4) is 6.07 Å². The highest BCUT2D eigenvalue weighted by molar-refractivity contribution is 6.05. The van der Waals surface area contributed by atoms with Gasteiger partial charge in [0.2, 0.25) is 0 Å². The lowest BCUT2D eigenvalue weighted by atomic mass is 10.1. The van der Waals surface area contributed by atoms with E-state index in [0.717, 1.165) is 5.56 Å². The molecule has 4 rings (SSSR count). The summed E-state index contributed by atoms with van der Waals surface area (Å²) in [5.41, 5.74) is 3.17. The third kappa shape index (κ3) is 4.65. The lowest BCUT2D eigenvalue weighted by Crippen LogP contribution is -2.24. The summed E-state index contributed by atoms with van der Waals surface area (Å²) in [5.74, 6) is -0.610. The van der Waals surface area contributed by atoms with E-state index >= 15 is 0 Å². The van der Waals surface area contributed by atoms with E-state index in [1.807, 2.05) is 6.07 Å². The fraction of sp³-hybridized carbons (Fsp3) is 0.0455. The molecular weight excluding hydrogens is 394 g/mol. The van der Waals surface area contributed by atoms with Gasteiger partial charge in [0.1, 0.15) is 17.8 Å². The Morgan fingerprint density at radius 2 is 1.65 bits per heavy atom. The van der Waals surface area contributed by atoms with Crippen molar-refractivity contribution in [2.45, 2.75) is 6.54 Å². The van der Waals surface area contributed by atoms with Crippen LogP contribution in [0.25, 0.3) is 11.0 Å². The number of rotatable bonds is 5. The van der Waals surface area contributed by atoms with Gasteiger partial charge in [-0.2, -0.15) is 5.26 Å². The lowest BCUT2D eigenvalue weighted by molar-refractivity contribution is 0.0944. The molecule has 0 aliphatic rings. The van der Waals surface area contributed by atoms with Crippen LogP contribution in [0.2, 0.25) is 0 Å². The number of aromatic nitrogens is 4. The van der Waals surface area contributed by atoms with E-state index in [1.54, 1.807) is 54.9 Å². The van der Waals surface area contributed by atoms with E-state index < -0.39 is 11.8 Å². The summed E-state index contributed by atoms with van der Waals surface area (Å²) >= 11 is 0. The molecule has 9 heteroatoms. The molecular formula is C22H15N7O2. The number of nitriles is 1. The monoisotopic (exact) mass is 409 g/mol. The second kappa shape index (κ2) is 8.75. The zero-order chi connectivity index (χ0) is 21.6. The zero-order valence-electron chi connectivity index (χ0n) is 16.1. The molecule has 2 aromatic heterocycles. The number of anilines is 1. The summed E-state index contributed by atoms with van der Waals surface area (Å²) in [4.78, 5) is 41.3. The van der Waals surface area contributed by atoms with Crippen LogP contribution in [0.3, 0.4) is 0 Å². The number of hydrogen-bond donors (Lipinski definition) is 2. The van der Waals surface area contributed by atoms with Gasteiger partial charge in [0.15, 0.2) is 0 Å². The Bertz CT molecular complexity index is 1310. The third-order valence-electron chi connectivity index (χ3n) is 4.41. The Balaban J connectivity index is 1.42. The molecule has 2 heterocycles. The molecule has 0 fully saturated rings. The van der Waals surface area contributed by atoms with Crippen molar-refractivity contribution in [1.82, 2.24) is 25.3 Å². The molecule has 4 aromatic rings. The molecule has 0 unspecified atom stereocenters. The minimum atomic E-state index is -0.414. The van der Waals surface area contributed by atoms with Crippen molar-refractivity contribution in [3.63, 3.8) is 0 Å². The minimum Gasteiger partial charge on any atom is -0.347 e. The highest BCUT2D eigenvalue weighted by atomic mass is 16.2. The highest BCUT2D eigenvalue weighted by Crippen LogP contribution is 2.13. The summed E-state index contributed by atoms with van der Waals surface area (Å²) in [6.45, 7) is 0.272. The molecule has 0 aliphatic carbocycles. The van der Waals surface area contributed by atoms with Crippen molar-refractivity contribution in [2.75, 3.05) is 5.32 Å². The SMILES string of the molecule is N#Cc1ccc(CNC(=O)c2cc(NC(=O)c3ccc4nccnc4c3)ncn2)cc1. The fourth-order valence-electron chi connectivity index (χ4n) is 2.81. The summed E-state index contributed by atoms with van der Waals surface area (Å²) in [7, 11) is 0. The number of amides is 2. The first kappa shape index (κ1) is 19.6. The van der Waals surface area contributed by atoms with Gasteiger partial charge >= 0.3 is 0 Å². The average molecular weight is 409 g/mol. The van der Waals surface area contributed by atoms with Crippen LogP contribution in [-0.2, 0) is 6.54 Å². The summed E-state index contributed by atoms with van der Waals surface area (Å²) in [5, 5.41) is 14.2. The van der Waals surface area contributed by atoms with Gasteiger partial charge in [0.25, 0.3) is 11.8 Å². The number of nitrogens with one attached hydrogen (secondary N) is 2. The maximum atomic E-state index is 12.6. The molecule has 0 bridgehead atoms. The normalized spacial score (nSPS) is 10.3. The van der Waals surface area contributed by atoms with E-state index in [1.165, 1.54) is 12.4 Å². The van der Waals surface area contributed by atoms with E-state index in [4.69, 9.17) is 5.26 Å². The molecule has 2 aromatic carbocycles. The first-order valence-corrected chi connectivity index (χ1v) is 9.24. The summed E-state index contributed by atoms with van der Waals surface area (Å²) in [6.07, 6.45) is 4.34. The maximum Gasteiger partial charge on any atom is 0.270 e. The van der Waals surface area contributed by atoms with Crippen molar-refractivity contribution < 1.29 is 9.59 Å². The molecule has 9 nitrogen and oxygen atoms in total. The Morgan fingerprint density at radius 1 is 0.871 bits per heavy atom. The predicted molar refractivity (Wildman–Crippen MR) is 112 cm³/mol. The van der Waals surface area contributed by atoms with Gasteiger partial charge in [-0.3, -0.25) is 19.6 Å². The summed E-state index contributed by atoms with van der Waals surface area (Å²) in [6, 6.07) is 15.3. The first-order chi connectivity index (χ1) is 15.1. The van der Waals surface area contributed by atoms with E-state index in [2.05, 4.69) is 30.6 Å². The second-order valence-electron chi connectivity index (χ2n) is 6.49.